The van der Waals surface area contributed by atoms with Gasteiger partial charge in [-0.2, -0.15) is 0 Å². The van der Waals surface area contributed by atoms with Crippen LogP contribution in [0.2, 0.25) is 0 Å². The lowest BCUT2D eigenvalue weighted by atomic mass is 10.0. The first-order valence-electron chi connectivity index (χ1n) is 8.11. The number of carbonyl (C=O) groups is 1. The van der Waals surface area contributed by atoms with Gasteiger partial charge >= 0.3 is 0 Å². The van der Waals surface area contributed by atoms with Gasteiger partial charge in [-0.15, -0.1) is 0 Å². The summed E-state index contributed by atoms with van der Waals surface area (Å²) in [5, 5.41) is 4.83. The lowest BCUT2D eigenvalue weighted by Gasteiger charge is -2.12. The molecular weight excluding hydrogens is 316 g/mol. The van der Waals surface area contributed by atoms with Gasteiger partial charge in [0.05, 0.1) is 7.11 Å². The van der Waals surface area contributed by atoms with Gasteiger partial charge in [0.2, 0.25) is 0 Å². The third kappa shape index (κ3) is 3.55. The van der Waals surface area contributed by atoms with Crippen LogP contribution in [0.4, 0.5) is 0 Å². The second-order valence-corrected chi connectivity index (χ2v) is 5.81. The van der Waals surface area contributed by atoms with Crippen LogP contribution in [0.1, 0.15) is 16.1 Å². The third-order valence-electron chi connectivity index (χ3n) is 4.20. The van der Waals surface area contributed by atoms with Gasteiger partial charge < -0.3 is 14.6 Å². The number of aryl methyl sites for hydroxylation is 1. The zero-order valence-corrected chi connectivity index (χ0v) is 14.3. The molecule has 3 rings (SSSR count). The Bertz CT molecular complexity index is 971. The van der Waals surface area contributed by atoms with Gasteiger partial charge in [-0.3, -0.25) is 9.59 Å². The summed E-state index contributed by atoms with van der Waals surface area (Å²) in [5.41, 5.74) is 1.29. The molecule has 0 spiro atoms. The van der Waals surface area contributed by atoms with Gasteiger partial charge in [0.25, 0.3) is 11.5 Å². The lowest BCUT2D eigenvalue weighted by molar-refractivity contribution is 0.0953. The topological polar surface area (TPSA) is 60.3 Å². The summed E-state index contributed by atoms with van der Waals surface area (Å²) in [4.78, 5) is 24.6. The van der Waals surface area contributed by atoms with E-state index in [1.54, 1.807) is 10.6 Å². The smallest absolute Gasteiger partial charge is 0.254 e. The predicted octanol–water partition coefficient (Wildman–Crippen LogP) is 2.75. The third-order valence-corrected chi connectivity index (χ3v) is 4.20. The van der Waals surface area contributed by atoms with Gasteiger partial charge in [0, 0.05) is 30.4 Å². The number of amides is 1. The van der Waals surface area contributed by atoms with Crippen molar-refractivity contribution in [3.05, 3.63) is 76.2 Å². The van der Waals surface area contributed by atoms with E-state index in [1.807, 2.05) is 49.4 Å². The highest BCUT2D eigenvalue weighted by molar-refractivity contribution is 6.06. The van der Waals surface area contributed by atoms with Crippen LogP contribution in [0.3, 0.4) is 0 Å². The first-order valence-corrected chi connectivity index (χ1v) is 8.11. The molecule has 0 saturated carbocycles. The molecule has 5 heteroatoms. The number of carbonyl (C=O) groups excluding carboxylic acids is 1. The highest BCUT2D eigenvalue weighted by atomic mass is 16.5. The Morgan fingerprint density at radius 3 is 2.64 bits per heavy atom. The first-order chi connectivity index (χ1) is 12.1. The molecule has 0 unspecified atom stereocenters. The quantitative estimate of drug-likeness (QED) is 0.779. The van der Waals surface area contributed by atoms with Crippen molar-refractivity contribution in [1.82, 2.24) is 9.88 Å². The average molecular weight is 336 g/mol. The van der Waals surface area contributed by atoms with Crippen molar-refractivity contribution in [1.29, 1.82) is 0 Å². The second-order valence-electron chi connectivity index (χ2n) is 5.81. The van der Waals surface area contributed by atoms with E-state index in [9.17, 15) is 9.59 Å². The van der Waals surface area contributed by atoms with Crippen molar-refractivity contribution < 1.29 is 9.53 Å². The number of rotatable bonds is 5. The molecule has 0 bridgehead atoms. The van der Waals surface area contributed by atoms with Gasteiger partial charge in [-0.25, -0.2) is 0 Å². The number of fused-ring (bicyclic) bond motifs is 1. The molecule has 1 N–H and O–H groups in total. The van der Waals surface area contributed by atoms with Crippen LogP contribution >= 0.6 is 0 Å². The predicted molar refractivity (Wildman–Crippen MR) is 98.3 cm³/mol. The molecule has 1 amide bonds. The van der Waals surface area contributed by atoms with Crippen molar-refractivity contribution in [2.45, 2.75) is 13.5 Å². The summed E-state index contributed by atoms with van der Waals surface area (Å²) in [7, 11) is 1.53. The van der Waals surface area contributed by atoms with Crippen molar-refractivity contribution in [3.8, 4) is 5.75 Å². The summed E-state index contributed by atoms with van der Waals surface area (Å²) in [6, 6.07) is 16.7. The molecule has 0 aliphatic carbocycles. The minimum absolute atomic E-state index is 0.142. The van der Waals surface area contributed by atoms with E-state index < -0.39 is 0 Å². The van der Waals surface area contributed by atoms with E-state index in [-0.39, 0.29) is 11.5 Å². The highest BCUT2D eigenvalue weighted by Gasteiger charge is 2.10. The van der Waals surface area contributed by atoms with Crippen LogP contribution in [0, 0.1) is 6.92 Å². The first kappa shape index (κ1) is 16.8. The molecule has 0 saturated heterocycles. The van der Waals surface area contributed by atoms with Crippen LogP contribution in [0.25, 0.3) is 10.8 Å². The normalized spacial score (nSPS) is 10.6. The summed E-state index contributed by atoms with van der Waals surface area (Å²) in [6.07, 6.45) is 0. The molecule has 1 heterocycles. The Balaban J connectivity index is 1.72. The van der Waals surface area contributed by atoms with Crippen molar-refractivity contribution in [2.75, 3.05) is 13.7 Å². The Hall–Kier alpha value is -3.08. The fraction of sp³-hybridized carbons (Fsp3) is 0.200. The number of hydrogen-bond acceptors (Lipinski definition) is 3. The molecule has 1 aromatic heterocycles. The number of hydrogen-bond donors (Lipinski definition) is 1. The number of pyridine rings is 1. The maximum absolute atomic E-state index is 12.5. The molecule has 25 heavy (non-hydrogen) atoms. The van der Waals surface area contributed by atoms with Crippen LogP contribution < -0.4 is 15.6 Å². The van der Waals surface area contributed by atoms with Crippen LogP contribution in [-0.2, 0) is 6.54 Å². The van der Waals surface area contributed by atoms with Crippen molar-refractivity contribution >= 4 is 16.7 Å². The number of methoxy groups -OCH3 is 1. The fourth-order valence-corrected chi connectivity index (χ4v) is 2.90. The zero-order chi connectivity index (χ0) is 17.8. The summed E-state index contributed by atoms with van der Waals surface area (Å²) >= 11 is 0. The maximum atomic E-state index is 12.5. The van der Waals surface area contributed by atoms with E-state index in [0.29, 0.717) is 24.4 Å². The molecule has 0 aliphatic rings. The number of aromatic nitrogens is 1. The summed E-state index contributed by atoms with van der Waals surface area (Å²) in [6.45, 7) is 2.62. The van der Waals surface area contributed by atoms with Crippen LogP contribution in [0.15, 0.2) is 59.4 Å². The van der Waals surface area contributed by atoms with Gasteiger partial charge in [-0.1, -0.05) is 36.4 Å². The largest absolute Gasteiger partial charge is 0.496 e. The van der Waals surface area contributed by atoms with Gasteiger partial charge in [0.15, 0.2) is 0 Å². The Kier molecular flexibility index (Phi) is 4.84. The van der Waals surface area contributed by atoms with Crippen molar-refractivity contribution in [3.63, 3.8) is 0 Å². The van der Waals surface area contributed by atoms with Crippen molar-refractivity contribution in [2.24, 2.45) is 0 Å². The Morgan fingerprint density at radius 2 is 1.88 bits per heavy atom. The van der Waals surface area contributed by atoms with Gasteiger partial charge in [0.1, 0.15) is 5.75 Å². The second kappa shape index (κ2) is 7.21. The van der Waals surface area contributed by atoms with E-state index in [0.717, 1.165) is 16.5 Å². The molecule has 3 aromatic rings. The SMILES string of the molecule is COc1cc(C)n(CCNC(=O)c2cccc3ccccc23)c(=O)c1. The molecule has 0 fully saturated rings. The van der Waals surface area contributed by atoms with E-state index in [1.165, 1.54) is 13.2 Å². The number of nitrogens with zero attached hydrogens (tertiary/aromatic N) is 1. The summed E-state index contributed by atoms with van der Waals surface area (Å²) in [5.74, 6) is 0.398. The molecule has 128 valence electrons. The Labute approximate surface area is 145 Å². The highest BCUT2D eigenvalue weighted by Crippen LogP contribution is 2.18. The Morgan fingerprint density at radius 1 is 1.12 bits per heavy atom. The average Bonchev–Trinajstić information content (AvgIpc) is 2.63. The number of ether oxygens (including phenoxy) is 1. The van der Waals surface area contributed by atoms with Gasteiger partial charge in [-0.05, 0) is 29.8 Å². The molecule has 2 aromatic carbocycles. The van der Waals surface area contributed by atoms with Crippen LogP contribution in [-0.4, -0.2) is 24.1 Å². The molecule has 0 radical (unpaired) electrons. The zero-order valence-electron chi connectivity index (χ0n) is 14.3. The molecular formula is C20H20N2O3. The fourth-order valence-electron chi connectivity index (χ4n) is 2.90. The van der Waals surface area contributed by atoms with E-state index in [4.69, 9.17) is 4.74 Å². The molecule has 0 aliphatic heterocycles. The maximum Gasteiger partial charge on any atom is 0.254 e. The minimum atomic E-state index is -0.143. The van der Waals surface area contributed by atoms with E-state index >= 15 is 0 Å². The monoisotopic (exact) mass is 336 g/mol. The number of benzene rings is 2. The van der Waals surface area contributed by atoms with E-state index in [2.05, 4.69) is 5.32 Å². The number of nitrogens with one attached hydrogen (secondary N) is 1. The summed E-state index contributed by atoms with van der Waals surface area (Å²) < 4.78 is 6.71. The lowest BCUT2D eigenvalue weighted by Crippen LogP contribution is -2.31. The molecule has 0 atom stereocenters. The molecule has 5 nitrogen and oxygen atoms in total. The van der Waals surface area contributed by atoms with Crippen LogP contribution in [0.5, 0.6) is 5.75 Å². The minimum Gasteiger partial charge on any atom is -0.496 e. The standard InChI is InChI=1S/C20H20N2O3/c1-14-12-16(25-2)13-19(23)22(14)11-10-21-20(24)18-9-5-7-15-6-3-4-8-17(15)18/h3-9,12-13H,10-11H2,1-2H3,(H,21,24).